The van der Waals surface area contributed by atoms with Crippen LogP contribution in [-0.2, 0) is 32.7 Å². The van der Waals surface area contributed by atoms with Gasteiger partial charge in [-0.25, -0.2) is 0 Å². The van der Waals surface area contributed by atoms with E-state index in [0.717, 1.165) is 11.8 Å². The molecule has 0 amide bonds. The van der Waals surface area contributed by atoms with Crippen molar-refractivity contribution in [3.05, 3.63) is 6.92 Å². The summed E-state index contributed by atoms with van der Waals surface area (Å²) in [7, 11) is 0. The molecule has 33 valence electrons. The van der Waals surface area contributed by atoms with Crippen molar-refractivity contribution >= 4 is 0 Å². The Kier molecular flexibility index (Phi) is 2.87. The van der Waals surface area contributed by atoms with Gasteiger partial charge < -0.3 is 6.92 Å². The zero-order chi connectivity index (χ0) is 3.86. The van der Waals surface area contributed by atoms with Gasteiger partial charge in [-0.1, -0.05) is 19.3 Å². The second-order valence-corrected chi connectivity index (χ2v) is 1.97. The van der Waals surface area contributed by atoms with Crippen LogP contribution < -0.4 is 0 Å². The summed E-state index contributed by atoms with van der Waals surface area (Å²) >= 11 is 0. The Morgan fingerprint density at radius 1 is 1.67 bits per heavy atom. The van der Waals surface area contributed by atoms with Gasteiger partial charge >= 0.3 is 0 Å². The zero-order valence-corrected chi connectivity index (χ0v) is 6.98. The molecule has 1 aliphatic rings. The van der Waals surface area contributed by atoms with Gasteiger partial charge in [-0.05, 0) is 0 Å². The van der Waals surface area contributed by atoms with Crippen LogP contribution in [-0.4, -0.2) is 0 Å². The predicted octanol–water partition coefficient (Wildman–Crippen LogP) is 1.47. The summed E-state index contributed by atoms with van der Waals surface area (Å²) < 4.78 is 0. The monoisotopic (exact) mass is 158 g/mol. The van der Waals surface area contributed by atoms with Crippen molar-refractivity contribution in [1.29, 1.82) is 0 Å². The molecule has 0 aliphatic heterocycles. The van der Waals surface area contributed by atoms with E-state index >= 15 is 0 Å². The van der Waals surface area contributed by atoms with Crippen molar-refractivity contribution in [3.8, 4) is 0 Å². The average molecular weight is 158 g/mol. The molecule has 0 bridgehead atoms. The van der Waals surface area contributed by atoms with Crippen LogP contribution in [0.3, 0.4) is 0 Å². The summed E-state index contributed by atoms with van der Waals surface area (Å²) in [4.78, 5) is 0. The van der Waals surface area contributed by atoms with Crippen LogP contribution in [0, 0.1) is 18.8 Å². The van der Waals surface area contributed by atoms with Crippen LogP contribution in [0.2, 0.25) is 0 Å². The van der Waals surface area contributed by atoms with Crippen LogP contribution in [0.25, 0.3) is 0 Å². The Morgan fingerprint density at radius 2 is 1.83 bits per heavy atom. The van der Waals surface area contributed by atoms with Crippen LogP contribution in [0.5, 0.6) is 0 Å². The molecule has 1 saturated carbocycles. The fourth-order valence-electron chi connectivity index (χ4n) is 0.399. The molecule has 2 unspecified atom stereocenters. The minimum absolute atomic E-state index is 0. The van der Waals surface area contributed by atoms with Gasteiger partial charge in [0.15, 0.2) is 0 Å². The molecule has 0 heterocycles. The van der Waals surface area contributed by atoms with Gasteiger partial charge in [-0.2, -0.15) is 5.92 Å². The van der Waals surface area contributed by atoms with Gasteiger partial charge in [0, 0.05) is 32.7 Å². The molecule has 0 aromatic rings. The van der Waals surface area contributed by atoms with E-state index in [9.17, 15) is 0 Å². The predicted molar refractivity (Wildman–Crippen MR) is 22.6 cm³/mol. The summed E-state index contributed by atoms with van der Waals surface area (Å²) in [6.07, 6.45) is 1.36. The fraction of sp³-hybridized carbons (Fsp3) is 0.800. The van der Waals surface area contributed by atoms with Gasteiger partial charge in [0.2, 0.25) is 0 Å². The largest absolute Gasteiger partial charge is 0.340 e. The molecule has 1 aliphatic carbocycles. The summed E-state index contributed by atoms with van der Waals surface area (Å²) in [5.41, 5.74) is 0. The molecule has 1 fully saturated rings. The van der Waals surface area contributed by atoms with E-state index in [4.69, 9.17) is 0 Å². The second-order valence-electron chi connectivity index (χ2n) is 1.97. The number of hydrogen-bond acceptors (Lipinski definition) is 0. The Bertz CT molecular complexity index is 37.2. The minimum atomic E-state index is 0. The summed E-state index contributed by atoms with van der Waals surface area (Å²) in [5.74, 6) is 1.74. The van der Waals surface area contributed by atoms with Gasteiger partial charge in [0.05, 0.1) is 0 Å². The van der Waals surface area contributed by atoms with E-state index in [1.807, 2.05) is 0 Å². The molecule has 1 heteroatoms. The van der Waals surface area contributed by atoms with Crippen molar-refractivity contribution in [2.45, 2.75) is 13.3 Å². The Morgan fingerprint density at radius 3 is 1.83 bits per heavy atom. The normalized spacial score (nSPS) is 41.0. The number of hydrogen-bond donors (Lipinski definition) is 0. The van der Waals surface area contributed by atoms with E-state index in [1.165, 1.54) is 6.42 Å². The molecule has 1 rings (SSSR count). The fourth-order valence-corrected chi connectivity index (χ4v) is 0.399. The van der Waals surface area contributed by atoms with Crippen LogP contribution in [0.15, 0.2) is 0 Å². The number of rotatable bonds is 0. The van der Waals surface area contributed by atoms with Gasteiger partial charge in [-0.3, -0.25) is 0 Å². The van der Waals surface area contributed by atoms with E-state index < -0.39 is 0 Å². The maximum Gasteiger partial charge on any atom is 0 e. The zero-order valence-electron chi connectivity index (χ0n) is 4.15. The quantitative estimate of drug-likeness (QED) is 0.468. The van der Waals surface area contributed by atoms with Crippen LogP contribution in [0.4, 0.5) is 0 Å². The summed E-state index contributed by atoms with van der Waals surface area (Å²) in [5, 5.41) is 0. The third-order valence-corrected chi connectivity index (χ3v) is 1.28. The standard InChI is InChI=1S/C5H9.Y/c1-4-3-5(4)2;/h4-5H,1,3H2,2H3;/q-1;. The molecular weight excluding hydrogens is 149 g/mol. The first-order chi connectivity index (χ1) is 2.30. The smallest absolute Gasteiger partial charge is 0 e. The van der Waals surface area contributed by atoms with E-state index in [1.54, 1.807) is 0 Å². The minimum Gasteiger partial charge on any atom is -0.340 e. The molecule has 1 radical (unpaired) electrons. The molecule has 0 aromatic carbocycles. The van der Waals surface area contributed by atoms with E-state index in [2.05, 4.69) is 13.8 Å². The van der Waals surface area contributed by atoms with Gasteiger partial charge in [-0.15, -0.1) is 0 Å². The molecular formula is C5H9Y-. The third-order valence-electron chi connectivity index (χ3n) is 1.28. The molecule has 0 aromatic heterocycles. The molecule has 0 saturated heterocycles. The van der Waals surface area contributed by atoms with E-state index in [0.29, 0.717) is 0 Å². The summed E-state index contributed by atoms with van der Waals surface area (Å²) in [6.45, 7) is 6.06. The van der Waals surface area contributed by atoms with Crippen molar-refractivity contribution in [2.75, 3.05) is 0 Å². The van der Waals surface area contributed by atoms with E-state index in [-0.39, 0.29) is 32.7 Å². The van der Waals surface area contributed by atoms with Crippen LogP contribution in [0.1, 0.15) is 13.3 Å². The van der Waals surface area contributed by atoms with Gasteiger partial charge in [0.25, 0.3) is 0 Å². The first kappa shape index (κ1) is 7.10. The summed E-state index contributed by atoms with van der Waals surface area (Å²) in [6, 6.07) is 0. The SMILES string of the molecule is [CH2-]C1CC1C.[Y]. The van der Waals surface area contributed by atoms with Crippen molar-refractivity contribution in [3.63, 3.8) is 0 Å². The molecule has 2 atom stereocenters. The maximum absolute atomic E-state index is 3.83. The molecule has 0 nitrogen and oxygen atoms in total. The van der Waals surface area contributed by atoms with Crippen molar-refractivity contribution in [1.82, 2.24) is 0 Å². The maximum atomic E-state index is 3.83. The van der Waals surface area contributed by atoms with Crippen molar-refractivity contribution in [2.24, 2.45) is 11.8 Å². The molecule has 6 heavy (non-hydrogen) atoms. The van der Waals surface area contributed by atoms with Crippen LogP contribution >= 0.6 is 0 Å². The Labute approximate surface area is 64.6 Å². The molecule has 0 spiro atoms. The van der Waals surface area contributed by atoms with Gasteiger partial charge in [0.1, 0.15) is 0 Å². The van der Waals surface area contributed by atoms with Crippen molar-refractivity contribution < 1.29 is 32.7 Å². The topological polar surface area (TPSA) is 0 Å². The molecule has 0 N–H and O–H groups in total. The third kappa shape index (κ3) is 1.70. The first-order valence-electron chi connectivity index (χ1n) is 2.14. The first-order valence-corrected chi connectivity index (χ1v) is 2.14. The average Bonchev–Trinajstić information content (AvgIpc) is 1.79. The Hall–Kier alpha value is 1.10. The second kappa shape index (κ2) is 2.42. The Balaban J connectivity index is 0.000000250.